The van der Waals surface area contributed by atoms with Crippen molar-refractivity contribution in [2.24, 2.45) is 5.73 Å². The second-order valence-corrected chi connectivity index (χ2v) is 4.35. The second kappa shape index (κ2) is 3.31. The highest BCUT2D eigenvalue weighted by Crippen LogP contribution is 2.39. The van der Waals surface area contributed by atoms with Crippen molar-refractivity contribution >= 4 is 0 Å². The fourth-order valence-corrected chi connectivity index (χ4v) is 1.41. The van der Waals surface area contributed by atoms with Crippen LogP contribution in [0.3, 0.4) is 0 Å². The first-order chi connectivity index (χ1) is 6.63. The first kappa shape index (κ1) is 9.59. The van der Waals surface area contributed by atoms with Gasteiger partial charge in [0.15, 0.2) is 0 Å². The summed E-state index contributed by atoms with van der Waals surface area (Å²) >= 11 is 0. The van der Waals surface area contributed by atoms with Crippen LogP contribution >= 0.6 is 0 Å². The van der Waals surface area contributed by atoms with Gasteiger partial charge in [-0.1, -0.05) is 6.92 Å². The largest absolute Gasteiger partial charge is 0.319 e. The summed E-state index contributed by atoms with van der Waals surface area (Å²) in [7, 11) is 0. The molecule has 1 fully saturated rings. The molecule has 3 heteroatoms. The van der Waals surface area contributed by atoms with Gasteiger partial charge in [0.2, 0.25) is 0 Å². The molecule has 0 bridgehead atoms. The van der Waals surface area contributed by atoms with E-state index in [-0.39, 0.29) is 5.54 Å². The summed E-state index contributed by atoms with van der Waals surface area (Å²) in [6, 6.07) is 2.01. The van der Waals surface area contributed by atoms with Crippen molar-refractivity contribution in [1.29, 1.82) is 0 Å². The van der Waals surface area contributed by atoms with Crippen LogP contribution in [-0.2, 0) is 5.54 Å². The lowest BCUT2D eigenvalue weighted by Crippen LogP contribution is -2.34. The molecule has 1 atom stereocenters. The molecule has 0 aromatic carbocycles. The molecule has 0 spiro atoms. The van der Waals surface area contributed by atoms with Crippen molar-refractivity contribution in [3.05, 3.63) is 23.8 Å². The average molecular weight is 191 g/mol. The minimum absolute atomic E-state index is 0.384. The van der Waals surface area contributed by atoms with E-state index in [1.165, 1.54) is 18.5 Å². The Morgan fingerprint density at radius 3 is 2.86 bits per heavy atom. The molecule has 0 saturated heterocycles. The zero-order valence-electron chi connectivity index (χ0n) is 8.83. The number of hydrogen-bond acceptors (Lipinski definition) is 3. The summed E-state index contributed by atoms with van der Waals surface area (Å²) in [4.78, 5) is 8.80. The average Bonchev–Trinajstić information content (AvgIpc) is 3.01. The minimum Gasteiger partial charge on any atom is -0.319 e. The third-order valence-electron chi connectivity index (χ3n) is 2.92. The summed E-state index contributed by atoms with van der Waals surface area (Å²) in [6.45, 7) is 4.05. The van der Waals surface area contributed by atoms with Crippen molar-refractivity contribution < 1.29 is 0 Å². The number of rotatable bonds is 3. The van der Waals surface area contributed by atoms with Crippen LogP contribution in [0.5, 0.6) is 0 Å². The van der Waals surface area contributed by atoms with Gasteiger partial charge in [0, 0.05) is 17.8 Å². The van der Waals surface area contributed by atoms with E-state index in [9.17, 15) is 0 Å². The molecule has 1 aromatic rings. The summed E-state index contributed by atoms with van der Waals surface area (Å²) < 4.78 is 0. The number of nitrogens with zero attached hydrogens (tertiary/aromatic N) is 2. The zero-order valence-corrected chi connectivity index (χ0v) is 8.83. The predicted molar refractivity (Wildman–Crippen MR) is 55.8 cm³/mol. The normalized spacial score (nSPS) is 20.5. The van der Waals surface area contributed by atoms with E-state index in [4.69, 9.17) is 5.73 Å². The van der Waals surface area contributed by atoms with E-state index >= 15 is 0 Å². The van der Waals surface area contributed by atoms with E-state index in [2.05, 4.69) is 16.9 Å². The lowest BCUT2D eigenvalue weighted by molar-refractivity contribution is 0.443. The molecule has 1 aromatic heterocycles. The Labute approximate surface area is 84.8 Å². The predicted octanol–water partition coefficient (Wildman–Crippen LogP) is 1.94. The van der Waals surface area contributed by atoms with Crippen molar-refractivity contribution in [3.8, 4) is 0 Å². The van der Waals surface area contributed by atoms with Gasteiger partial charge in [0.1, 0.15) is 5.82 Å². The molecule has 1 unspecified atom stereocenters. The quantitative estimate of drug-likeness (QED) is 0.794. The van der Waals surface area contributed by atoms with Gasteiger partial charge in [-0.3, -0.25) is 0 Å². The molecule has 0 aliphatic heterocycles. The van der Waals surface area contributed by atoms with Gasteiger partial charge >= 0.3 is 0 Å². The number of hydrogen-bond donors (Lipinski definition) is 1. The maximum absolute atomic E-state index is 6.10. The van der Waals surface area contributed by atoms with Crippen LogP contribution in [-0.4, -0.2) is 9.97 Å². The van der Waals surface area contributed by atoms with Crippen molar-refractivity contribution in [2.45, 2.75) is 44.6 Å². The molecule has 1 aliphatic carbocycles. The topological polar surface area (TPSA) is 51.8 Å². The van der Waals surface area contributed by atoms with Crippen LogP contribution in [0, 0.1) is 0 Å². The highest BCUT2D eigenvalue weighted by Gasteiger charge is 2.28. The Bertz CT molecular complexity index is 329. The smallest absolute Gasteiger partial charge is 0.148 e. The van der Waals surface area contributed by atoms with Crippen LogP contribution in [0.2, 0.25) is 0 Å². The van der Waals surface area contributed by atoms with Gasteiger partial charge < -0.3 is 5.73 Å². The molecular formula is C11H17N3. The molecule has 76 valence electrons. The Balaban J connectivity index is 2.29. The first-order valence-electron chi connectivity index (χ1n) is 5.26. The molecule has 0 radical (unpaired) electrons. The van der Waals surface area contributed by atoms with E-state index in [1.54, 1.807) is 0 Å². The number of aromatic nitrogens is 2. The Kier molecular flexibility index (Phi) is 2.27. The Morgan fingerprint density at radius 1 is 1.57 bits per heavy atom. The highest BCUT2D eigenvalue weighted by atomic mass is 15.0. The molecule has 3 nitrogen and oxygen atoms in total. The van der Waals surface area contributed by atoms with Crippen LogP contribution in [0.15, 0.2) is 12.3 Å². The van der Waals surface area contributed by atoms with Gasteiger partial charge in [0.05, 0.1) is 5.54 Å². The number of nitrogens with two attached hydrogens (primary N) is 1. The first-order valence-corrected chi connectivity index (χ1v) is 5.26. The third kappa shape index (κ3) is 1.77. The maximum atomic E-state index is 6.10. The standard InChI is InChI=1S/C11H17N3/c1-3-11(2,12)10-13-7-6-9(14-10)8-4-5-8/h6-8H,3-5,12H2,1-2H3. The fourth-order valence-electron chi connectivity index (χ4n) is 1.41. The SMILES string of the molecule is CCC(C)(N)c1nccc(C2CC2)n1. The molecule has 1 heterocycles. The van der Waals surface area contributed by atoms with Crippen molar-refractivity contribution in [1.82, 2.24) is 9.97 Å². The van der Waals surface area contributed by atoms with Gasteiger partial charge in [-0.05, 0) is 32.3 Å². The lowest BCUT2D eigenvalue weighted by atomic mass is 9.99. The fraction of sp³-hybridized carbons (Fsp3) is 0.636. The monoisotopic (exact) mass is 191 g/mol. The van der Waals surface area contributed by atoms with E-state index in [0.717, 1.165) is 12.2 Å². The summed E-state index contributed by atoms with van der Waals surface area (Å²) in [5.74, 6) is 1.45. The molecule has 0 amide bonds. The van der Waals surface area contributed by atoms with Crippen molar-refractivity contribution in [2.75, 3.05) is 0 Å². The summed E-state index contributed by atoms with van der Waals surface area (Å²) in [5, 5.41) is 0. The Hall–Kier alpha value is -0.960. The van der Waals surface area contributed by atoms with E-state index in [1.807, 2.05) is 19.2 Å². The van der Waals surface area contributed by atoms with Crippen molar-refractivity contribution in [3.63, 3.8) is 0 Å². The molecule has 2 N–H and O–H groups in total. The van der Waals surface area contributed by atoms with Crippen LogP contribution < -0.4 is 5.73 Å². The Morgan fingerprint density at radius 2 is 2.29 bits per heavy atom. The zero-order chi connectivity index (χ0) is 10.2. The third-order valence-corrected chi connectivity index (χ3v) is 2.92. The lowest BCUT2D eigenvalue weighted by Gasteiger charge is -2.20. The highest BCUT2D eigenvalue weighted by molar-refractivity contribution is 5.16. The minimum atomic E-state index is -0.384. The molecular weight excluding hydrogens is 174 g/mol. The van der Waals surface area contributed by atoms with Crippen LogP contribution in [0.25, 0.3) is 0 Å². The maximum Gasteiger partial charge on any atom is 0.148 e. The summed E-state index contributed by atoms with van der Waals surface area (Å²) in [5.41, 5.74) is 6.88. The van der Waals surface area contributed by atoms with Gasteiger partial charge in [-0.15, -0.1) is 0 Å². The molecule has 1 saturated carbocycles. The summed E-state index contributed by atoms with van der Waals surface area (Å²) in [6.07, 6.45) is 5.23. The molecule has 2 rings (SSSR count). The second-order valence-electron chi connectivity index (χ2n) is 4.35. The van der Waals surface area contributed by atoms with Gasteiger partial charge in [-0.2, -0.15) is 0 Å². The van der Waals surface area contributed by atoms with E-state index < -0.39 is 0 Å². The van der Waals surface area contributed by atoms with Gasteiger partial charge in [0.25, 0.3) is 0 Å². The van der Waals surface area contributed by atoms with Crippen LogP contribution in [0.1, 0.15) is 50.5 Å². The molecule has 1 aliphatic rings. The molecule has 14 heavy (non-hydrogen) atoms. The van der Waals surface area contributed by atoms with E-state index in [0.29, 0.717) is 5.92 Å². The van der Waals surface area contributed by atoms with Gasteiger partial charge in [-0.25, -0.2) is 9.97 Å². The van der Waals surface area contributed by atoms with Crippen LogP contribution in [0.4, 0.5) is 0 Å².